The highest BCUT2D eigenvalue weighted by atomic mass is 32.2. The van der Waals surface area contributed by atoms with E-state index in [0.29, 0.717) is 17.5 Å². The number of anilines is 1. The molecule has 0 heterocycles. The fourth-order valence-corrected chi connectivity index (χ4v) is 4.58. The molecule has 1 aliphatic carbocycles. The van der Waals surface area contributed by atoms with Gasteiger partial charge in [0.15, 0.2) is 0 Å². The van der Waals surface area contributed by atoms with Gasteiger partial charge in [-0.15, -0.1) is 13.2 Å². The third-order valence-corrected chi connectivity index (χ3v) is 6.58. The topological polar surface area (TPSA) is 111 Å². The molecular weight excluding hydrogens is 501 g/mol. The molecule has 1 fully saturated rings. The van der Waals surface area contributed by atoms with Gasteiger partial charge in [0.05, 0.1) is 30.2 Å². The van der Waals surface area contributed by atoms with E-state index in [9.17, 15) is 31.2 Å². The summed E-state index contributed by atoms with van der Waals surface area (Å²) >= 11 is 0. The summed E-state index contributed by atoms with van der Waals surface area (Å²) in [4.78, 5) is 25.3. The third kappa shape index (κ3) is 6.68. The van der Waals surface area contributed by atoms with Gasteiger partial charge in [-0.2, -0.15) is 0 Å². The molecule has 1 saturated carbocycles. The maximum absolute atomic E-state index is 12.9. The number of amides is 1. The van der Waals surface area contributed by atoms with Crippen LogP contribution >= 0.6 is 0 Å². The number of sulfonamides is 1. The highest BCUT2D eigenvalue weighted by molar-refractivity contribution is 7.92. The Morgan fingerprint density at radius 3 is 2.36 bits per heavy atom. The fraction of sp³-hybridized carbons (Fsp3) is 0.417. The zero-order valence-corrected chi connectivity index (χ0v) is 20.9. The maximum atomic E-state index is 12.9. The second-order valence-corrected chi connectivity index (χ2v) is 10.6. The Kier molecular flexibility index (Phi) is 7.58. The lowest BCUT2D eigenvalue weighted by Crippen LogP contribution is -2.30. The average Bonchev–Trinajstić information content (AvgIpc) is 3.45. The molecule has 0 bridgehead atoms. The summed E-state index contributed by atoms with van der Waals surface area (Å²) in [6.07, 6.45) is -3.31. The standard InChI is InChI=1S/C24H27F3N2O6S/c1-5-34-22(31)18-12-15(6-11-20(18)29-36(4,32)33)14(2)28-21(30)19-13-23(19,3)16-7-9-17(10-8-16)35-24(25,26)27/h6-12,14,19,29H,5,13H2,1-4H3,(H,28,30)/t14-,19?,23?/m1/s1. The minimum atomic E-state index is -4.78. The summed E-state index contributed by atoms with van der Waals surface area (Å²) in [6, 6.07) is 9.41. The lowest BCUT2D eigenvalue weighted by Gasteiger charge is -2.19. The Balaban J connectivity index is 1.72. The molecule has 0 aliphatic heterocycles. The normalized spacial score (nSPS) is 20.2. The van der Waals surface area contributed by atoms with Crippen LogP contribution in [0.1, 0.15) is 54.7 Å². The molecule has 0 aromatic heterocycles. The zero-order chi connectivity index (χ0) is 26.9. The van der Waals surface area contributed by atoms with Gasteiger partial charge in [0.2, 0.25) is 15.9 Å². The molecule has 3 atom stereocenters. The smallest absolute Gasteiger partial charge is 0.462 e. The highest BCUT2D eigenvalue weighted by Gasteiger charge is 2.55. The molecular formula is C24H27F3N2O6S. The predicted molar refractivity (Wildman–Crippen MR) is 126 cm³/mol. The molecule has 0 radical (unpaired) electrons. The summed E-state index contributed by atoms with van der Waals surface area (Å²) in [6.45, 7) is 5.29. The number of nitrogens with one attached hydrogen (secondary N) is 2. The number of esters is 1. The van der Waals surface area contributed by atoms with Gasteiger partial charge in [0, 0.05) is 11.3 Å². The monoisotopic (exact) mass is 528 g/mol. The van der Waals surface area contributed by atoms with Gasteiger partial charge in [0.1, 0.15) is 5.75 Å². The first kappa shape index (κ1) is 27.3. The summed E-state index contributed by atoms with van der Waals surface area (Å²) in [5, 5.41) is 2.89. The van der Waals surface area contributed by atoms with Gasteiger partial charge in [-0.25, -0.2) is 13.2 Å². The number of halogens is 3. The Morgan fingerprint density at radius 2 is 1.81 bits per heavy atom. The SMILES string of the molecule is CCOC(=O)c1cc([C@@H](C)NC(=O)C2CC2(C)c2ccc(OC(F)(F)F)cc2)ccc1NS(C)(=O)=O. The first-order chi connectivity index (χ1) is 16.6. The van der Waals surface area contributed by atoms with E-state index in [1.165, 1.54) is 36.4 Å². The Morgan fingerprint density at radius 1 is 1.17 bits per heavy atom. The lowest BCUT2D eigenvalue weighted by atomic mass is 9.95. The van der Waals surface area contributed by atoms with Crippen molar-refractivity contribution in [3.05, 3.63) is 59.2 Å². The number of alkyl halides is 3. The van der Waals surface area contributed by atoms with E-state index < -0.39 is 39.7 Å². The van der Waals surface area contributed by atoms with E-state index in [1.54, 1.807) is 19.9 Å². The van der Waals surface area contributed by atoms with E-state index in [4.69, 9.17) is 4.74 Å². The summed E-state index contributed by atoms with van der Waals surface area (Å²) in [7, 11) is -3.65. The summed E-state index contributed by atoms with van der Waals surface area (Å²) < 4.78 is 71.7. The zero-order valence-electron chi connectivity index (χ0n) is 20.1. The van der Waals surface area contributed by atoms with Gasteiger partial charge in [0.25, 0.3) is 0 Å². The third-order valence-electron chi connectivity index (χ3n) is 5.99. The number of hydrogen-bond acceptors (Lipinski definition) is 6. The second kappa shape index (κ2) is 10.00. The van der Waals surface area contributed by atoms with Gasteiger partial charge in [-0.05, 0) is 55.7 Å². The van der Waals surface area contributed by atoms with Gasteiger partial charge in [-0.3, -0.25) is 9.52 Å². The van der Waals surface area contributed by atoms with Gasteiger partial charge in [-0.1, -0.05) is 25.1 Å². The maximum Gasteiger partial charge on any atom is 0.573 e. The molecule has 2 aromatic rings. The van der Waals surface area contributed by atoms with Crippen LogP contribution in [0.15, 0.2) is 42.5 Å². The molecule has 3 rings (SSSR count). The molecule has 2 unspecified atom stereocenters. The molecule has 8 nitrogen and oxygen atoms in total. The van der Waals surface area contributed by atoms with Crippen LogP contribution in [0.5, 0.6) is 5.75 Å². The van der Waals surface area contributed by atoms with E-state index in [1.807, 2.05) is 6.92 Å². The summed E-state index contributed by atoms with van der Waals surface area (Å²) in [5.41, 5.74) is 0.802. The van der Waals surface area contributed by atoms with E-state index in [2.05, 4.69) is 14.8 Å². The second-order valence-electron chi connectivity index (χ2n) is 8.88. The number of carbonyl (C=O) groups is 2. The van der Waals surface area contributed by atoms with Crippen molar-refractivity contribution in [3.63, 3.8) is 0 Å². The lowest BCUT2D eigenvalue weighted by molar-refractivity contribution is -0.274. The van der Waals surface area contributed by atoms with Gasteiger partial charge >= 0.3 is 12.3 Å². The van der Waals surface area contributed by atoms with Crippen LogP contribution in [0.2, 0.25) is 0 Å². The fourth-order valence-electron chi connectivity index (χ4n) is 4.00. The van der Waals surface area contributed by atoms with Crippen molar-refractivity contribution in [1.29, 1.82) is 0 Å². The average molecular weight is 529 g/mol. The van der Waals surface area contributed by atoms with E-state index in [-0.39, 0.29) is 29.5 Å². The van der Waals surface area contributed by atoms with Gasteiger partial charge < -0.3 is 14.8 Å². The van der Waals surface area contributed by atoms with Crippen LogP contribution in [0.4, 0.5) is 18.9 Å². The molecule has 196 valence electrons. The molecule has 1 amide bonds. The minimum Gasteiger partial charge on any atom is -0.462 e. The first-order valence-corrected chi connectivity index (χ1v) is 13.0. The minimum absolute atomic E-state index is 0.0123. The number of benzene rings is 2. The molecule has 12 heteroatoms. The summed E-state index contributed by atoms with van der Waals surface area (Å²) in [5.74, 6) is -1.70. The van der Waals surface area contributed by atoms with Crippen molar-refractivity contribution in [2.75, 3.05) is 17.6 Å². The van der Waals surface area contributed by atoms with Crippen molar-refractivity contribution >= 4 is 27.6 Å². The van der Waals surface area contributed by atoms with Crippen molar-refractivity contribution in [2.45, 2.75) is 45.0 Å². The van der Waals surface area contributed by atoms with E-state index in [0.717, 1.165) is 6.26 Å². The molecule has 0 saturated heterocycles. The predicted octanol–water partition coefficient (Wildman–Crippen LogP) is 4.29. The van der Waals surface area contributed by atoms with Crippen molar-refractivity contribution < 1.29 is 40.7 Å². The van der Waals surface area contributed by atoms with Crippen LogP contribution in [-0.2, 0) is 25.0 Å². The molecule has 0 spiro atoms. The number of rotatable bonds is 9. The molecule has 2 N–H and O–H groups in total. The van der Waals surface area contributed by atoms with Crippen LogP contribution < -0.4 is 14.8 Å². The Labute approximate surface area is 207 Å². The van der Waals surface area contributed by atoms with E-state index >= 15 is 0 Å². The number of hydrogen-bond donors (Lipinski definition) is 2. The number of carbonyl (C=O) groups excluding carboxylic acids is 2. The van der Waals surface area contributed by atoms with Crippen LogP contribution in [0, 0.1) is 5.92 Å². The molecule has 36 heavy (non-hydrogen) atoms. The van der Waals surface area contributed by atoms with Crippen molar-refractivity contribution in [3.8, 4) is 5.75 Å². The Bertz CT molecular complexity index is 1250. The molecule has 2 aromatic carbocycles. The van der Waals surface area contributed by atoms with Crippen LogP contribution in [-0.4, -0.2) is 39.5 Å². The van der Waals surface area contributed by atoms with Crippen LogP contribution in [0.3, 0.4) is 0 Å². The van der Waals surface area contributed by atoms with Crippen LogP contribution in [0.25, 0.3) is 0 Å². The number of ether oxygens (including phenoxy) is 2. The molecule has 1 aliphatic rings. The highest BCUT2D eigenvalue weighted by Crippen LogP contribution is 2.54. The first-order valence-electron chi connectivity index (χ1n) is 11.1. The van der Waals surface area contributed by atoms with Crippen molar-refractivity contribution in [2.24, 2.45) is 5.92 Å². The largest absolute Gasteiger partial charge is 0.573 e. The Hall–Kier alpha value is -3.28. The quantitative estimate of drug-likeness (QED) is 0.470. The van der Waals surface area contributed by atoms with Crippen molar-refractivity contribution in [1.82, 2.24) is 5.32 Å².